The van der Waals surface area contributed by atoms with Crippen LogP contribution in [0.3, 0.4) is 0 Å². The Balaban J connectivity index is 1.77. The lowest BCUT2D eigenvalue weighted by atomic mass is 9.91. The Morgan fingerprint density at radius 2 is 1.78 bits per heavy atom. The number of aromatic nitrogens is 1. The van der Waals surface area contributed by atoms with Gasteiger partial charge in [-0.25, -0.2) is 4.98 Å². The molecule has 0 radical (unpaired) electrons. The Labute approximate surface area is 165 Å². The fourth-order valence-corrected chi connectivity index (χ4v) is 4.01. The van der Waals surface area contributed by atoms with Crippen molar-refractivity contribution in [2.45, 2.75) is 32.6 Å². The Morgan fingerprint density at radius 1 is 1.04 bits per heavy atom. The van der Waals surface area contributed by atoms with Crippen molar-refractivity contribution in [2.24, 2.45) is 0 Å². The fraction of sp³-hybridized carbons (Fsp3) is 0.208. The first-order valence-electron chi connectivity index (χ1n) is 9.43. The predicted octanol–water partition coefficient (Wildman–Crippen LogP) is 6.67. The Bertz CT molecular complexity index is 1010. The van der Waals surface area contributed by atoms with Crippen LogP contribution >= 0.6 is 11.6 Å². The number of fused-ring (bicyclic) bond motifs is 1. The zero-order valence-electron chi connectivity index (χ0n) is 15.6. The van der Waals surface area contributed by atoms with Gasteiger partial charge in [-0.2, -0.15) is 0 Å². The van der Waals surface area contributed by atoms with Gasteiger partial charge in [-0.15, -0.1) is 0 Å². The zero-order valence-corrected chi connectivity index (χ0v) is 16.3. The first-order valence-corrected chi connectivity index (χ1v) is 9.81. The fourth-order valence-electron chi connectivity index (χ4n) is 3.78. The van der Waals surface area contributed by atoms with Crippen LogP contribution in [0.15, 0.2) is 61.2 Å². The average Bonchev–Trinajstić information content (AvgIpc) is 2.68. The number of halogens is 1. The van der Waals surface area contributed by atoms with E-state index in [0.29, 0.717) is 0 Å². The SMILES string of the molecule is C=C(Nc1nc(-c2ccccc2Cl)cc2c1CCCC2)c1ccccc1C. The lowest BCUT2D eigenvalue weighted by molar-refractivity contribution is 0.684. The standard InChI is InChI=1S/C24H23ClN2/c1-16-9-3-5-11-19(16)17(2)26-24-20-12-6-4-10-18(20)15-23(27-24)21-13-7-8-14-22(21)25/h3,5,7-9,11,13-15H,2,4,6,10,12H2,1H3,(H,26,27). The van der Waals surface area contributed by atoms with Crippen LogP contribution < -0.4 is 5.32 Å². The van der Waals surface area contributed by atoms with Crippen LogP contribution in [0.25, 0.3) is 17.0 Å². The monoisotopic (exact) mass is 374 g/mol. The predicted molar refractivity (Wildman–Crippen MR) is 115 cm³/mol. The lowest BCUT2D eigenvalue weighted by Gasteiger charge is -2.22. The van der Waals surface area contributed by atoms with Crippen LogP contribution in [0.4, 0.5) is 5.82 Å². The summed E-state index contributed by atoms with van der Waals surface area (Å²) in [4.78, 5) is 4.96. The second kappa shape index (κ2) is 7.58. The third kappa shape index (κ3) is 3.63. The first kappa shape index (κ1) is 17.8. The van der Waals surface area contributed by atoms with Crippen LogP contribution in [-0.2, 0) is 12.8 Å². The van der Waals surface area contributed by atoms with Gasteiger partial charge in [-0.05, 0) is 61.4 Å². The molecule has 0 unspecified atom stereocenters. The van der Waals surface area contributed by atoms with Gasteiger partial charge in [0.2, 0.25) is 0 Å². The summed E-state index contributed by atoms with van der Waals surface area (Å²) >= 11 is 6.44. The number of nitrogens with zero attached hydrogens (tertiary/aromatic N) is 1. The van der Waals surface area contributed by atoms with Gasteiger partial charge < -0.3 is 5.32 Å². The minimum Gasteiger partial charge on any atom is -0.340 e. The highest BCUT2D eigenvalue weighted by atomic mass is 35.5. The third-order valence-corrected chi connectivity index (χ3v) is 5.56. The van der Waals surface area contributed by atoms with Crippen molar-refractivity contribution in [2.75, 3.05) is 5.32 Å². The number of aryl methyl sites for hydroxylation is 2. The van der Waals surface area contributed by atoms with E-state index >= 15 is 0 Å². The molecule has 3 heteroatoms. The topological polar surface area (TPSA) is 24.9 Å². The van der Waals surface area contributed by atoms with Crippen LogP contribution in [-0.4, -0.2) is 4.98 Å². The molecule has 1 aromatic heterocycles. The molecule has 2 nitrogen and oxygen atoms in total. The summed E-state index contributed by atoms with van der Waals surface area (Å²) in [5.41, 5.74) is 7.76. The molecule has 1 N–H and O–H groups in total. The normalized spacial score (nSPS) is 13.1. The summed E-state index contributed by atoms with van der Waals surface area (Å²) in [5.74, 6) is 0.912. The van der Waals surface area contributed by atoms with Gasteiger partial charge in [0.05, 0.1) is 5.69 Å². The van der Waals surface area contributed by atoms with E-state index in [9.17, 15) is 0 Å². The van der Waals surface area contributed by atoms with E-state index in [1.807, 2.05) is 36.4 Å². The summed E-state index contributed by atoms with van der Waals surface area (Å²) < 4.78 is 0. The van der Waals surface area contributed by atoms with Crippen molar-refractivity contribution in [3.8, 4) is 11.3 Å². The van der Waals surface area contributed by atoms with E-state index in [1.165, 1.54) is 29.5 Å². The molecular formula is C24H23ClN2. The van der Waals surface area contributed by atoms with Gasteiger partial charge in [-0.1, -0.05) is 60.6 Å². The minimum absolute atomic E-state index is 0.726. The maximum atomic E-state index is 6.44. The number of rotatable bonds is 4. The summed E-state index contributed by atoms with van der Waals surface area (Å²) in [7, 11) is 0. The highest BCUT2D eigenvalue weighted by molar-refractivity contribution is 6.33. The second-order valence-electron chi connectivity index (χ2n) is 7.10. The van der Waals surface area contributed by atoms with E-state index in [-0.39, 0.29) is 0 Å². The quantitative estimate of drug-likeness (QED) is 0.551. The van der Waals surface area contributed by atoms with Crippen LogP contribution in [0, 0.1) is 6.92 Å². The molecule has 0 aliphatic heterocycles. The number of anilines is 1. The summed E-state index contributed by atoms with van der Waals surface area (Å²) in [6, 6.07) is 18.4. The smallest absolute Gasteiger partial charge is 0.134 e. The second-order valence-corrected chi connectivity index (χ2v) is 7.51. The summed E-state index contributed by atoms with van der Waals surface area (Å²) in [6.07, 6.45) is 4.55. The Hall–Kier alpha value is -2.58. The Morgan fingerprint density at radius 3 is 2.59 bits per heavy atom. The summed E-state index contributed by atoms with van der Waals surface area (Å²) in [6.45, 7) is 6.38. The van der Waals surface area contributed by atoms with Gasteiger partial charge >= 0.3 is 0 Å². The lowest BCUT2D eigenvalue weighted by Crippen LogP contribution is -2.11. The molecule has 136 valence electrons. The van der Waals surface area contributed by atoms with Crippen LogP contribution in [0.5, 0.6) is 0 Å². The van der Waals surface area contributed by atoms with E-state index < -0.39 is 0 Å². The maximum absolute atomic E-state index is 6.44. The highest BCUT2D eigenvalue weighted by Crippen LogP contribution is 2.34. The van der Waals surface area contributed by atoms with E-state index in [4.69, 9.17) is 16.6 Å². The molecule has 4 rings (SSSR count). The molecule has 0 saturated heterocycles. The van der Waals surface area contributed by atoms with Crippen molar-refractivity contribution in [3.63, 3.8) is 0 Å². The van der Waals surface area contributed by atoms with Crippen molar-refractivity contribution in [3.05, 3.63) is 88.5 Å². The molecule has 27 heavy (non-hydrogen) atoms. The number of pyridine rings is 1. The average molecular weight is 375 g/mol. The van der Waals surface area contributed by atoms with E-state index in [2.05, 4.69) is 37.0 Å². The molecule has 2 aromatic carbocycles. The molecule has 0 fully saturated rings. The molecule has 3 aromatic rings. The van der Waals surface area contributed by atoms with Crippen LogP contribution in [0.2, 0.25) is 5.02 Å². The summed E-state index contributed by atoms with van der Waals surface area (Å²) in [5, 5.41) is 4.23. The van der Waals surface area contributed by atoms with Gasteiger partial charge in [0.15, 0.2) is 0 Å². The minimum atomic E-state index is 0.726. The van der Waals surface area contributed by atoms with Gasteiger partial charge in [0, 0.05) is 21.8 Å². The first-order chi connectivity index (χ1) is 13.1. The molecule has 0 bridgehead atoms. The van der Waals surface area contributed by atoms with Crippen molar-refractivity contribution >= 4 is 23.1 Å². The number of hydrogen-bond donors (Lipinski definition) is 1. The third-order valence-electron chi connectivity index (χ3n) is 5.23. The van der Waals surface area contributed by atoms with Crippen molar-refractivity contribution in [1.82, 2.24) is 4.98 Å². The van der Waals surface area contributed by atoms with E-state index in [1.54, 1.807) is 0 Å². The molecule has 0 spiro atoms. The molecule has 0 amide bonds. The molecule has 0 atom stereocenters. The van der Waals surface area contributed by atoms with E-state index in [0.717, 1.165) is 46.2 Å². The van der Waals surface area contributed by atoms with Gasteiger partial charge in [0.25, 0.3) is 0 Å². The van der Waals surface area contributed by atoms with Crippen LogP contribution in [0.1, 0.15) is 35.1 Å². The molecular weight excluding hydrogens is 352 g/mol. The van der Waals surface area contributed by atoms with Gasteiger partial charge in [-0.3, -0.25) is 0 Å². The number of hydrogen-bond acceptors (Lipinski definition) is 2. The largest absolute Gasteiger partial charge is 0.340 e. The van der Waals surface area contributed by atoms with Crippen molar-refractivity contribution in [1.29, 1.82) is 0 Å². The number of nitrogens with one attached hydrogen (secondary N) is 1. The zero-order chi connectivity index (χ0) is 18.8. The molecule has 1 aliphatic carbocycles. The molecule has 0 saturated carbocycles. The highest BCUT2D eigenvalue weighted by Gasteiger charge is 2.18. The maximum Gasteiger partial charge on any atom is 0.134 e. The van der Waals surface area contributed by atoms with Gasteiger partial charge in [0.1, 0.15) is 5.82 Å². The molecule has 1 aliphatic rings. The molecule has 1 heterocycles. The van der Waals surface area contributed by atoms with Crippen molar-refractivity contribution < 1.29 is 0 Å². The number of benzene rings is 2. The Kier molecular flexibility index (Phi) is 5.00.